The maximum atomic E-state index is 11.9. The van der Waals surface area contributed by atoms with Crippen molar-refractivity contribution in [2.75, 3.05) is 19.7 Å². The van der Waals surface area contributed by atoms with Crippen molar-refractivity contribution in [1.82, 2.24) is 16.0 Å². The first kappa shape index (κ1) is 20.5. The number of alkyl carbamates (subject to hydrolysis) is 1. The lowest BCUT2D eigenvalue weighted by Gasteiger charge is -2.20. The molecule has 0 fully saturated rings. The van der Waals surface area contributed by atoms with Crippen LogP contribution in [0.15, 0.2) is 22.8 Å². The summed E-state index contributed by atoms with van der Waals surface area (Å²) in [6, 6.07) is 2.96. The predicted molar refractivity (Wildman–Crippen MR) is 92.1 cm³/mol. The van der Waals surface area contributed by atoms with Gasteiger partial charge in [-0.1, -0.05) is 13.8 Å². The Hall–Kier alpha value is -2.51. The Morgan fingerprint density at radius 2 is 2.00 bits per heavy atom. The van der Waals surface area contributed by atoms with E-state index >= 15 is 0 Å². The summed E-state index contributed by atoms with van der Waals surface area (Å²) in [7, 11) is 0. The summed E-state index contributed by atoms with van der Waals surface area (Å²) in [5.41, 5.74) is 0. The second-order valence-corrected chi connectivity index (χ2v) is 5.98. The Labute approximate surface area is 147 Å². The molecule has 1 unspecified atom stereocenters. The van der Waals surface area contributed by atoms with Crippen molar-refractivity contribution in [3.8, 4) is 0 Å². The van der Waals surface area contributed by atoms with Gasteiger partial charge >= 0.3 is 6.09 Å². The molecule has 8 heteroatoms. The summed E-state index contributed by atoms with van der Waals surface area (Å²) in [4.78, 5) is 35.1. The van der Waals surface area contributed by atoms with E-state index in [1.54, 1.807) is 19.1 Å². The van der Waals surface area contributed by atoms with Gasteiger partial charge in [0.2, 0.25) is 5.91 Å². The lowest BCUT2D eigenvalue weighted by atomic mass is 10.0. The van der Waals surface area contributed by atoms with Crippen LogP contribution in [0.2, 0.25) is 0 Å². The molecule has 3 N–H and O–H groups in total. The van der Waals surface area contributed by atoms with Crippen LogP contribution >= 0.6 is 0 Å². The van der Waals surface area contributed by atoms with E-state index in [0.29, 0.717) is 25.5 Å². The summed E-state index contributed by atoms with van der Waals surface area (Å²) in [6.07, 6.45) is 1.77. The van der Waals surface area contributed by atoms with Crippen molar-refractivity contribution in [3.05, 3.63) is 24.2 Å². The number of carbonyl (C=O) groups is 3. The molecule has 1 aromatic rings. The Kier molecular flexibility index (Phi) is 9.13. The molecule has 1 atom stereocenters. The standard InChI is InChI=1S/C17H27N3O5/c1-4-24-17(23)20-13(10-12(2)3)11-19-15(21)7-8-18-16(22)14-6-5-9-25-14/h5-6,9,12-13H,4,7-8,10-11H2,1-3H3,(H,18,22)(H,19,21)(H,20,23). The Balaban J connectivity index is 2.30. The lowest BCUT2D eigenvalue weighted by molar-refractivity contribution is -0.121. The average Bonchev–Trinajstić information content (AvgIpc) is 3.06. The van der Waals surface area contributed by atoms with Gasteiger partial charge in [0.25, 0.3) is 5.91 Å². The first-order valence-electron chi connectivity index (χ1n) is 8.44. The van der Waals surface area contributed by atoms with E-state index in [9.17, 15) is 14.4 Å². The molecule has 1 aromatic heterocycles. The highest BCUT2D eigenvalue weighted by atomic mass is 16.5. The quantitative estimate of drug-likeness (QED) is 0.593. The molecule has 0 radical (unpaired) electrons. The van der Waals surface area contributed by atoms with Gasteiger partial charge in [-0.3, -0.25) is 9.59 Å². The van der Waals surface area contributed by atoms with Crippen LogP contribution in [0.4, 0.5) is 4.79 Å². The summed E-state index contributed by atoms with van der Waals surface area (Å²) >= 11 is 0. The Morgan fingerprint density at radius 1 is 1.24 bits per heavy atom. The third-order valence-electron chi connectivity index (χ3n) is 3.28. The lowest BCUT2D eigenvalue weighted by Crippen LogP contribution is -2.45. The number of rotatable bonds is 10. The zero-order chi connectivity index (χ0) is 18.7. The number of carbonyl (C=O) groups excluding carboxylic acids is 3. The van der Waals surface area contributed by atoms with Gasteiger partial charge in [0.05, 0.1) is 12.9 Å². The van der Waals surface area contributed by atoms with Crippen LogP contribution in [0.1, 0.15) is 44.2 Å². The molecule has 3 amide bonds. The van der Waals surface area contributed by atoms with Crippen molar-refractivity contribution < 1.29 is 23.5 Å². The second kappa shape index (κ2) is 11.1. The first-order chi connectivity index (χ1) is 11.9. The Morgan fingerprint density at radius 3 is 2.60 bits per heavy atom. The summed E-state index contributed by atoms with van der Waals surface area (Å²) in [5.74, 6) is -0.00826. The zero-order valence-corrected chi connectivity index (χ0v) is 15.0. The van der Waals surface area contributed by atoms with Crippen molar-refractivity contribution in [3.63, 3.8) is 0 Å². The number of furan rings is 1. The van der Waals surface area contributed by atoms with Gasteiger partial charge in [0.15, 0.2) is 5.76 Å². The van der Waals surface area contributed by atoms with E-state index in [1.165, 1.54) is 6.26 Å². The topological polar surface area (TPSA) is 110 Å². The van der Waals surface area contributed by atoms with Gasteiger partial charge in [-0.15, -0.1) is 0 Å². The highest BCUT2D eigenvalue weighted by Gasteiger charge is 2.16. The van der Waals surface area contributed by atoms with E-state index in [1.807, 2.05) is 13.8 Å². The molecule has 8 nitrogen and oxygen atoms in total. The van der Waals surface area contributed by atoms with Gasteiger partial charge in [-0.05, 0) is 31.4 Å². The molecule has 25 heavy (non-hydrogen) atoms. The average molecular weight is 353 g/mol. The molecular weight excluding hydrogens is 326 g/mol. The number of amides is 3. The summed E-state index contributed by atoms with van der Waals surface area (Å²) < 4.78 is 9.83. The molecule has 0 aliphatic rings. The molecule has 1 rings (SSSR count). The Bertz CT molecular complexity index is 542. The minimum Gasteiger partial charge on any atom is -0.459 e. The van der Waals surface area contributed by atoms with E-state index < -0.39 is 6.09 Å². The smallest absolute Gasteiger partial charge is 0.407 e. The molecule has 0 aliphatic carbocycles. The van der Waals surface area contributed by atoms with Crippen LogP contribution < -0.4 is 16.0 Å². The second-order valence-electron chi connectivity index (χ2n) is 5.98. The molecule has 1 heterocycles. The number of nitrogens with one attached hydrogen (secondary N) is 3. The summed E-state index contributed by atoms with van der Waals surface area (Å²) in [5, 5.41) is 8.10. The van der Waals surface area contributed by atoms with Gasteiger partial charge in [-0.2, -0.15) is 0 Å². The van der Waals surface area contributed by atoms with Gasteiger partial charge in [0, 0.05) is 25.6 Å². The van der Waals surface area contributed by atoms with Crippen LogP contribution in [-0.2, 0) is 9.53 Å². The van der Waals surface area contributed by atoms with E-state index in [-0.39, 0.29) is 36.6 Å². The molecule has 0 bridgehead atoms. The minimum absolute atomic E-state index is 0.139. The number of hydrogen-bond acceptors (Lipinski definition) is 5. The van der Waals surface area contributed by atoms with Gasteiger partial charge in [0.1, 0.15) is 0 Å². The monoisotopic (exact) mass is 353 g/mol. The fourth-order valence-corrected chi connectivity index (χ4v) is 2.21. The summed E-state index contributed by atoms with van der Waals surface area (Å²) in [6.45, 7) is 6.60. The van der Waals surface area contributed by atoms with Crippen molar-refractivity contribution in [2.45, 2.75) is 39.7 Å². The maximum absolute atomic E-state index is 11.9. The van der Waals surface area contributed by atoms with Crippen LogP contribution in [0.3, 0.4) is 0 Å². The van der Waals surface area contributed by atoms with Gasteiger partial charge < -0.3 is 25.1 Å². The molecule has 0 spiro atoms. The molecule has 0 aromatic carbocycles. The molecule has 0 saturated carbocycles. The third-order valence-corrected chi connectivity index (χ3v) is 3.28. The minimum atomic E-state index is -0.492. The third kappa shape index (κ3) is 8.78. The number of hydrogen-bond donors (Lipinski definition) is 3. The fraction of sp³-hybridized carbons (Fsp3) is 0.588. The highest BCUT2D eigenvalue weighted by molar-refractivity contribution is 5.91. The fourth-order valence-electron chi connectivity index (χ4n) is 2.21. The van der Waals surface area contributed by atoms with E-state index in [4.69, 9.17) is 9.15 Å². The number of ether oxygens (including phenoxy) is 1. The van der Waals surface area contributed by atoms with Gasteiger partial charge in [-0.25, -0.2) is 4.79 Å². The maximum Gasteiger partial charge on any atom is 0.407 e. The van der Waals surface area contributed by atoms with Crippen LogP contribution in [0, 0.1) is 5.92 Å². The predicted octanol–water partition coefficient (Wildman–Crippen LogP) is 1.68. The van der Waals surface area contributed by atoms with Crippen molar-refractivity contribution >= 4 is 17.9 Å². The SMILES string of the molecule is CCOC(=O)NC(CNC(=O)CCNC(=O)c1ccco1)CC(C)C. The zero-order valence-electron chi connectivity index (χ0n) is 15.0. The molecule has 140 valence electrons. The van der Waals surface area contributed by atoms with Crippen molar-refractivity contribution in [1.29, 1.82) is 0 Å². The van der Waals surface area contributed by atoms with Crippen LogP contribution in [0.25, 0.3) is 0 Å². The van der Waals surface area contributed by atoms with E-state index in [2.05, 4.69) is 16.0 Å². The molecule has 0 saturated heterocycles. The van der Waals surface area contributed by atoms with Crippen molar-refractivity contribution in [2.24, 2.45) is 5.92 Å². The normalized spacial score (nSPS) is 11.7. The first-order valence-corrected chi connectivity index (χ1v) is 8.44. The van der Waals surface area contributed by atoms with Crippen LogP contribution in [-0.4, -0.2) is 43.6 Å². The largest absolute Gasteiger partial charge is 0.459 e. The molecule has 0 aliphatic heterocycles. The highest BCUT2D eigenvalue weighted by Crippen LogP contribution is 2.04. The van der Waals surface area contributed by atoms with E-state index in [0.717, 1.165) is 0 Å². The van der Waals surface area contributed by atoms with Crippen LogP contribution in [0.5, 0.6) is 0 Å². The molecular formula is C17H27N3O5.